The van der Waals surface area contributed by atoms with E-state index in [-0.39, 0.29) is 28.7 Å². The lowest BCUT2D eigenvalue weighted by Gasteiger charge is -2.32. The standard InChI is InChI=1S/C21H18N4O5/c1-12(23-6-8-30-9-7-23)13-2-4-17-15(10-13)21(27)24-18-5-3-14(25(28)29)11-16(18)19(26)20(24)22-17/h2-5,10-12H,6-9H2,1H3. The predicted molar refractivity (Wildman–Crippen MR) is 108 cm³/mol. The van der Waals surface area contributed by atoms with E-state index >= 15 is 0 Å². The first-order chi connectivity index (χ1) is 14.5. The highest BCUT2D eigenvalue weighted by Crippen LogP contribution is 2.30. The van der Waals surface area contributed by atoms with Gasteiger partial charge in [-0.05, 0) is 30.7 Å². The minimum absolute atomic E-state index is 0.0167. The molecule has 1 saturated heterocycles. The predicted octanol–water partition coefficient (Wildman–Crippen LogP) is 2.23. The molecule has 1 unspecified atom stereocenters. The zero-order valence-electron chi connectivity index (χ0n) is 16.2. The van der Waals surface area contributed by atoms with Gasteiger partial charge in [-0.3, -0.25) is 29.2 Å². The number of carbonyl (C=O) groups is 1. The number of ether oxygens (including phenoxy) is 1. The van der Waals surface area contributed by atoms with Crippen molar-refractivity contribution in [3.8, 4) is 5.69 Å². The van der Waals surface area contributed by atoms with E-state index in [4.69, 9.17) is 4.74 Å². The second-order valence-corrected chi connectivity index (χ2v) is 7.46. The Morgan fingerprint density at radius 3 is 2.63 bits per heavy atom. The number of carbonyl (C=O) groups excluding carboxylic acids is 1. The van der Waals surface area contributed by atoms with Crippen LogP contribution < -0.4 is 5.56 Å². The van der Waals surface area contributed by atoms with Crippen LogP contribution in [0.3, 0.4) is 0 Å². The Hall–Kier alpha value is -3.43. The molecule has 0 radical (unpaired) electrons. The van der Waals surface area contributed by atoms with E-state index in [1.165, 1.54) is 22.8 Å². The highest BCUT2D eigenvalue weighted by Gasteiger charge is 2.32. The first-order valence-electron chi connectivity index (χ1n) is 9.68. The maximum absolute atomic E-state index is 13.3. The van der Waals surface area contributed by atoms with Crippen LogP contribution >= 0.6 is 0 Å². The van der Waals surface area contributed by atoms with Crippen LogP contribution in [0, 0.1) is 10.1 Å². The van der Waals surface area contributed by atoms with Gasteiger partial charge >= 0.3 is 0 Å². The number of non-ortho nitro benzene ring substituents is 1. The third-order valence-corrected chi connectivity index (χ3v) is 5.85. The minimum atomic E-state index is -0.567. The lowest BCUT2D eigenvalue weighted by molar-refractivity contribution is -0.384. The van der Waals surface area contributed by atoms with Gasteiger partial charge in [-0.25, -0.2) is 4.98 Å². The molecule has 9 heteroatoms. The van der Waals surface area contributed by atoms with Gasteiger partial charge in [-0.1, -0.05) is 6.07 Å². The molecule has 1 fully saturated rings. The van der Waals surface area contributed by atoms with E-state index < -0.39 is 10.7 Å². The summed E-state index contributed by atoms with van der Waals surface area (Å²) >= 11 is 0. The van der Waals surface area contributed by atoms with Crippen LogP contribution in [0.4, 0.5) is 5.69 Å². The third kappa shape index (κ3) is 2.74. The molecule has 0 N–H and O–H groups in total. The molecule has 30 heavy (non-hydrogen) atoms. The molecule has 0 bridgehead atoms. The molecule has 2 aromatic carbocycles. The van der Waals surface area contributed by atoms with Crippen LogP contribution in [0.5, 0.6) is 0 Å². The van der Waals surface area contributed by atoms with Crippen LogP contribution in [-0.2, 0) is 4.74 Å². The fourth-order valence-electron chi connectivity index (χ4n) is 4.15. The van der Waals surface area contributed by atoms with Gasteiger partial charge in [0.15, 0.2) is 5.82 Å². The van der Waals surface area contributed by atoms with Crippen molar-refractivity contribution in [2.75, 3.05) is 26.3 Å². The van der Waals surface area contributed by atoms with E-state index in [9.17, 15) is 19.7 Å². The van der Waals surface area contributed by atoms with Crippen LogP contribution in [0.25, 0.3) is 16.6 Å². The van der Waals surface area contributed by atoms with Crippen LogP contribution in [0.2, 0.25) is 0 Å². The van der Waals surface area contributed by atoms with Crippen LogP contribution in [0.15, 0.2) is 41.2 Å². The van der Waals surface area contributed by atoms with Gasteiger partial charge in [0.25, 0.3) is 11.2 Å². The van der Waals surface area contributed by atoms with E-state index in [1.807, 2.05) is 12.1 Å². The van der Waals surface area contributed by atoms with Gasteiger partial charge in [0.2, 0.25) is 5.78 Å². The SMILES string of the molecule is CC(c1ccc2nc3n(c(=O)c2c1)-c1ccc([N+](=O)[O-])cc1C3=O)N1CCOCC1. The molecule has 0 amide bonds. The summed E-state index contributed by atoms with van der Waals surface area (Å²) in [5.74, 6) is -0.504. The van der Waals surface area contributed by atoms with Crippen molar-refractivity contribution >= 4 is 22.4 Å². The van der Waals surface area contributed by atoms with E-state index in [2.05, 4.69) is 16.8 Å². The van der Waals surface area contributed by atoms with Crippen molar-refractivity contribution in [1.29, 1.82) is 0 Å². The molecule has 2 aliphatic rings. The molecule has 0 spiro atoms. The number of ketones is 1. The maximum atomic E-state index is 13.3. The molecular weight excluding hydrogens is 388 g/mol. The van der Waals surface area contributed by atoms with Crippen molar-refractivity contribution < 1.29 is 14.5 Å². The Balaban J connectivity index is 1.64. The Labute approximate surface area is 170 Å². The highest BCUT2D eigenvalue weighted by molar-refractivity contribution is 6.13. The van der Waals surface area contributed by atoms with Gasteiger partial charge in [-0.15, -0.1) is 0 Å². The average Bonchev–Trinajstić information content (AvgIpc) is 3.05. The van der Waals surface area contributed by atoms with Gasteiger partial charge < -0.3 is 4.74 Å². The Kier molecular flexibility index (Phi) is 4.23. The number of rotatable bonds is 3. The molecule has 9 nitrogen and oxygen atoms in total. The van der Waals surface area contributed by atoms with Gasteiger partial charge in [-0.2, -0.15) is 0 Å². The second kappa shape index (κ2) is 6.82. The van der Waals surface area contributed by atoms with Crippen molar-refractivity contribution in [3.63, 3.8) is 0 Å². The first kappa shape index (κ1) is 18.6. The molecular formula is C21H18N4O5. The monoisotopic (exact) mass is 406 g/mol. The number of aromatic nitrogens is 2. The molecule has 0 saturated carbocycles. The zero-order valence-corrected chi connectivity index (χ0v) is 16.2. The number of hydrogen-bond donors (Lipinski definition) is 0. The minimum Gasteiger partial charge on any atom is -0.379 e. The zero-order chi connectivity index (χ0) is 21.0. The van der Waals surface area contributed by atoms with Crippen LogP contribution in [0.1, 0.15) is 34.7 Å². The highest BCUT2D eigenvalue weighted by atomic mass is 16.6. The fraction of sp³-hybridized carbons (Fsp3) is 0.286. The molecule has 5 rings (SSSR count). The van der Waals surface area contributed by atoms with Gasteiger partial charge in [0, 0.05) is 31.3 Å². The third-order valence-electron chi connectivity index (χ3n) is 5.85. The number of nitro groups is 1. The molecule has 3 aromatic rings. The molecule has 152 valence electrons. The van der Waals surface area contributed by atoms with Crippen molar-refractivity contribution in [3.05, 3.63) is 73.8 Å². The quantitative estimate of drug-likeness (QED) is 0.379. The summed E-state index contributed by atoms with van der Waals surface area (Å²) < 4.78 is 6.67. The van der Waals surface area contributed by atoms with Gasteiger partial charge in [0.1, 0.15) is 0 Å². The number of nitro benzene ring substituents is 1. The lowest BCUT2D eigenvalue weighted by Crippen LogP contribution is -2.38. The summed E-state index contributed by atoms with van der Waals surface area (Å²) in [6.07, 6.45) is 0. The Morgan fingerprint density at radius 2 is 1.90 bits per heavy atom. The normalized spacial score (nSPS) is 17.0. The first-order valence-corrected chi connectivity index (χ1v) is 9.68. The summed E-state index contributed by atoms with van der Waals surface area (Å²) in [6.45, 7) is 5.09. The van der Waals surface area contributed by atoms with E-state index in [1.54, 1.807) is 6.07 Å². The topological polar surface area (TPSA) is 108 Å². The maximum Gasteiger partial charge on any atom is 0.270 e. The summed E-state index contributed by atoms with van der Waals surface area (Å²) in [5, 5.41) is 11.5. The largest absolute Gasteiger partial charge is 0.379 e. The number of benzene rings is 2. The second-order valence-electron chi connectivity index (χ2n) is 7.46. The van der Waals surface area contributed by atoms with E-state index in [0.29, 0.717) is 29.8 Å². The van der Waals surface area contributed by atoms with Gasteiger partial charge in [0.05, 0.1) is 40.3 Å². The molecule has 2 aliphatic heterocycles. The fourth-order valence-corrected chi connectivity index (χ4v) is 4.15. The smallest absolute Gasteiger partial charge is 0.270 e. The van der Waals surface area contributed by atoms with E-state index in [0.717, 1.165) is 18.7 Å². The summed E-state index contributed by atoms with van der Waals surface area (Å²) in [5.41, 5.74) is 1.30. The van der Waals surface area contributed by atoms with Crippen LogP contribution in [-0.4, -0.2) is 51.5 Å². The van der Waals surface area contributed by atoms with Crippen molar-refractivity contribution in [2.24, 2.45) is 0 Å². The molecule has 3 heterocycles. The lowest BCUT2D eigenvalue weighted by atomic mass is 10.0. The molecule has 0 aliphatic carbocycles. The summed E-state index contributed by atoms with van der Waals surface area (Å²) in [4.78, 5) is 43.3. The van der Waals surface area contributed by atoms with Crippen molar-refractivity contribution in [1.82, 2.24) is 14.5 Å². The number of hydrogen-bond acceptors (Lipinski definition) is 7. The average molecular weight is 406 g/mol. The number of fused-ring (bicyclic) bond motifs is 4. The summed E-state index contributed by atoms with van der Waals surface area (Å²) in [7, 11) is 0. The Morgan fingerprint density at radius 1 is 1.13 bits per heavy atom. The number of morpholine rings is 1. The van der Waals surface area contributed by atoms with Crippen molar-refractivity contribution in [2.45, 2.75) is 13.0 Å². The Bertz CT molecular complexity index is 1280. The number of nitrogens with zero attached hydrogens (tertiary/aromatic N) is 4. The molecule has 1 aromatic heterocycles. The summed E-state index contributed by atoms with van der Waals surface area (Å²) in [6, 6.07) is 9.51. The molecule has 1 atom stereocenters.